The molecule has 0 aromatic rings. The molecule has 0 saturated carbocycles. The molecule has 0 aromatic heterocycles. The van der Waals surface area contributed by atoms with Crippen molar-refractivity contribution in [3.63, 3.8) is 0 Å². The van der Waals surface area contributed by atoms with Gasteiger partial charge in [-0.2, -0.15) is 0 Å². The quantitative estimate of drug-likeness (QED) is 0.506. The van der Waals surface area contributed by atoms with Gasteiger partial charge in [0.15, 0.2) is 6.10 Å². The highest BCUT2D eigenvalue weighted by molar-refractivity contribution is 5.68. The van der Waals surface area contributed by atoms with Crippen LogP contribution in [0.25, 0.3) is 0 Å². The summed E-state index contributed by atoms with van der Waals surface area (Å²) in [5.74, 6) is -1.77. The fourth-order valence-corrected chi connectivity index (χ4v) is 1.97. The maximum absolute atomic E-state index is 11.2. The van der Waals surface area contributed by atoms with E-state index >= 15 is 0 Å². The van der Waals surface area contributed by atoms with Crippen LogP contribution in [0.2, 0.25) is 0 Å². The lowest BCUT2D eigenvalue weighted by atomic mass is 10.1. The second-order valence-electron chi connectivity index (χ2n) is 4.46. The Kier molecular flexibility index (Phi) is 6.57. The van der Waals surface area contributed by atoms with Crippen LogP contribution in [0.4, 0.5) is 0 Å². The lowest BCUT2D eigenvalue weighted by Crippen LogP contribution is -2.41. The number of hydrogen-bond donors (Lipinski definition) is 0. The number of ether oxygens (including phenoxy) is 5. The van der Waals surface area contributed by atoms with Gasteiger partial charge in [-0.15, -0.1) is 0 Å². The Balaban J connectivity index is 2.91. The van der Waals surface area contributed by atoms with Crippen LogP contribution in [0.1, 0.15) is 27.7 Å². The molecule has 8 heteroatoms. The first kappa shape index (κ1) is 17.4. The minimum Gasteiger partial charge on any atom is -0.455 e. The zero-order chi connectivity index (χ0) is 16.0. The molecule has 0 aliphatic carbocycles. The fourth-order valence-electron chi connectivity index (χ4n) is 1.97. The van der Waals surface area contributed by atoms with E-state index in [1.807, 2.05) is 0 Å². The Bertz CT molecular complexity index is 394. The highest BCUT2D eigenvalue weighted by atomic mass is 16.7. The first-order valence-electron chi connectivity index (χ1n) is 6.60. The molecule has 1 aliphatic heterocycles. The summed E-state index contributed by atoms with van der Waals surface area (Å²) in [6.07, 6.45) is -3.76. The monoisotopic (exact) mass is 304 g/mol. The minimum absolute atomic E-state index is 0.115. The van der Waals surface area contributed by atoms with E-state index in [1.54, 1.807) is 6.92 Å². The molecule has 0 N–H and O–H groups in total. The van der Waals surface area contributed by atoms with E-state index in [1.165, 1.54) is 20.8 Å². The molecule has 1 unspecified atom stereocenters. The van der Waals surface area contributed by atoms with Crippen LogP contribution in [0, 0.1) is 0 Å². The molecule has 120 valence electrons. The predicted octanol–water partition coefficient (Wildman–Crippen LogP) is 0.174. The zero-order valence-electron chi connectivity index (χ0n) is 12.5. The molecule has 1 fully saturated rings. The lowest BCUT2D eigenvalue weighted by molar-refractivity contribution is -0.196. The summed E-state index contributed by atoms with van der Waals surface area (Å²) >= 11 is 0. The summed E-state index contributed by atoms with van der Waals surface area (Å²) in [5, 5.41) is 0. The van der Waals surface area contributed by atoms with Crippen molar-refractivity contribution < 1.29 is 38.1 Å². The van der Waals surface area contributed by atoms with E-state index < -0.39 is 42.5 Å². The van der Waals surface area contributed by atoms with Gasteiger partial charge in [0.05, 0.1) is 6.61 Å². The molecule has 1 saturated heterocycles. The molecule has 1 heterocycles. The Labute approximate surface area is 122 Å². The van der Waals surface area contributed by atoms with E-state index in [-0.39, 0.29) is 6.61 Å². The summed E-state index contributed by atoms with van der Waals surface area (Å²) in [6, 6.07) is 0. The van der Waals surface area contributed by atoms with Gasteiger partial charge in [-0.1, -0.05) is 0 Å². The van der Waals surface area contributed by atoms with Crippen molar-refractivity contribution in [2.45, 2.75) is 52.3 Å². The summed E-state index contributed by atoms with van der Waals surface area (Å²) in [5.41, 5.74) is 0. The topological polar surface area (TPSA) is 97.4 Å². The number of rotatable bonds is 6. The molecule has 1 aliphatic rings. The maximum Gasteiger partial charge on any atom is 0.305 e. The van der Waals surface area contributed by atoms with Crippen molar-refractivity contribution in [1.82, 2.24) is 0 Å². The average molecular weight is 304 g/mol. The van der Waals surface area contributed by atoms with Crippen molar-refractivity contribution >= 4 is 17.9 Å². The highest BCUT2D eigenvalue weighted by Crippen LogP contribution is 2.28. The van der Waals surface area contributed by atoms with Gasteiger partial charge in [0.1, 0.15) is 6.10 Å². The minimum atomic E-state index is -1.14. The van der Waals surface area contributed by atoms with Crippen LogP contribution in [0.3, 0.4) is 0 Å². The molecule has 0 amide bonds. The van der Waals surface area contributed by atoms with Crippen LogP contribution >= 0.6 is 0 Å². The summed E-state index contributed by atoms with van der Waals surface area (Å²) in [6.45, 7) is 5.97. The molecule has 21 heavy (non-hydrogen) atoms. The predicted molar refractivity (Wildman–Crippen MR) is 68.0 cm³/mol. The fraction of sp³-hybridized carbons (Fsp3) is 0.769. The molecular weight excluding hydrogens is 284 g/mol. The third-order valence-corrected chi connectivity index (χ3v) is 2.64. The summed E-state index contributed by atoms with van der Waals surface area (Å²) in [7, 11) is 0. The van der Waals surface area contributed by atoms with Crippen molar-refractivity contribution in [2.24, 2.45) is 0 Å². The van der Waals surface area contributed by atoms with E-state index in [0.29, 0.717) is 6.61 Å². The van der Waals surface area contributed by atoms with E-state index in [4.69, 9.17) is 23.7 Å². The SMILES string of the molecule is CCOC[C@H]1OC(OC(C)=O)[C@H](OC(C)=O)[C@@H]1OC(C)=O. The Morgan fingerprint density at radius 1 is 0.905 bits per heavy atom. The van der Waals surface area contributed by atoms with Crippen LogP contribution in [0.5, 0.6) is 0 Å². The largest absolute Gasteiger partial charge is 0.455 e. The summed E-state index contributed by atoms with van der Waals surface area (Å²) < 4.78 is 25.9. The van der Waals surface area contributed by atoms with Gasteiger partial charge in [-0.25, -0.2) is 0 Å². The maximum atomic E-state index is 11.2. The number of carbonyl (C=O) groups excluding carboxylic acids is 3. The standard InChI is InChI=1S/C13H20O8/c1-5-17-6-10-11(18-7(2)14)12(19-8(3)15)13(21-10)20-9(4)16/h10-13H,5-6H2,1-4H3/t10-,11-,12-,13?/m1/s1. The lowest BCUT2D eigenvalue weighted by Gasteiger charge is -2.22. The second-order valence-corrected chi connectivity index (χ2v) is 4.46. The van der Waals surface area contributed by atoms with Crippen molar-refractivity contribution in [2.75, 3.05) is 13.2 Å². The molecule has 0 aromatic carbocycles. The molecule has 0 radical (unpaired) electrons. The van der Waals surface area contributed by atoms with Crippen LogP contribution in [0.15, 0.2) is 0 Å². The van der Waals surface area contributed by atoms with E-state index in [2.05, 4.69) is 0 Å². The highest BCUT2D eigenvalue weighted by Gasteiger charge is 2.51. The van der Waals surface area contributed by atoms with Gasteiger partial charge in [0.2, 0.25) is 12.4 Å². The number of esters is 3. The van der Waals surface area contributed by atoms with Gasteiger partial charge in [-0.3, -0.25) is 14.4 Å². The van der Waals surface area contributed by atoms with E-state index in [0.717, 1.165) is 0 Å². The molecule has 0 spiro atoms. The van der Waals surface area contributed by atoms with Gasteiger partial charge < -0.3 is 23.7 Å². The van der Waals surface area contributed by atoms with Crippen LogP contribution in [-0.4, -0.2) is 55.7 Å². The third kappa shape index (κ3) is 5.31. The van der Waals surface area contributed by atoms with Crippen LogP contribution < -0.4 is 0 Å². The molecular formula is C13H20O8. The second kappa shape index (κ2) is 7.94. The normalized spacial score (nSPS) is 28.0. The zero-order valence-corrected chi connectivity index (χ0v) is 12.5. The molecule has 8 nitrogen and oxygen atoms in total. The summed E-state index contributed by atoms with van der Waals surface area (Å²) in [4.78, 5) is 33.5. The molecule has 4 atom stereocenters. The van der Waals surface area contributed by atoms with Gasteiger partial charge in [0.25, 0.3) is 0 Å². The van der Waals surface area contributed by atoms with Crippen molar-refractivity contribution in [3.05, 3.63) is 0 Å². The van der Waals surface area contributed by atoms with E-state index in [9.17, 15) is 14.4 Å². The van der Waals surface area contributed by atoms with Gasteiger partial charge >= 0.3 is 17.9 Å². The average Bonchev–Trinajstić information content (AvgIpc) is 2.63. The Morgan fingerprint density at radius 2 is 1.43 bits per heavy atom. The molecule has 0 bridgehead atoms. The smallest absolute Gasteiger partial charge is 0.305 e. The van der Waals surface area contributed by atoms with Crippen LogP contribution in [-0.2, 0) is 38.1 Å². The Hall–Kier alpha value is -1.67. The van der Waals surface area contributed by atoms with Gasteiger partial charge in [-0.05, 0) is 6.92 Å². The number of hydrogen-bond acceptors (Lipinski definition) is 8. The third-order valence-electron chi connectivity index (χ3n) is 2.64. The molecule has 1 rings (SSSR count). The first-order valence-corrected chi connectivity index (χ1v) is 6.60. The van der Waals surface area contributed by atoms with Gasteiger partial charge in [0, 0.05) is 27.4 Å². The van der Waals surface area contributed by atoms with Crippen molar-refractivity contribution in [1.29, 1.82) is 0 Å². The number of carbonyl (C=O) groups is 3. The first-order chi connectivity index (χ1) is 9.85. The van der Waals surface area contributed by atoms with Crippen molar-refractivity contribution in [3.8, 4) is 0 Å². The Morgan fingerprint density at radius 3 is 1.90 bits per heavy atom.